The van der Waals surface area contributed by atoms with Gasteiger partial charge >= 0.3 is 0 Å². The maximum absolute atomic E-state index is 5.44. The lowest BCUT2D eigenvalue weighted by molar-refractivity contribution is 0.0320. The molecule has 6 heteroatoms. The average Bonchev–Trinajstić information content (AvgIpc) is 3.00. The average molecular weight is 464 g/mol. The van der Waals surface area contributed by atoms with Crippen LogP contribution < -0.4 is 5.32 Å². The zero-order valence-electron chi connectivity index (χ0n) is 16.1. The summed E-state index contributed by atoms with van der Waals surface area (Å²) in [7, 11) is 1.93. The van der Waals surface area contributed by atoms with Gasteiger partial charge in [0.05, 0.1) is 13.2 Å². The van der Waals surface area contributed by atoms with Gasteiger partial charge in [-0.3, -0.25) is 9.89 Å². The lowest BCUT2D eigenvalue weighted by Gasteiger charge is -2.34. The van der Waals surface area contributed by atoms with E-state index < -0.39 is 0 Å². The summed E-state index contributed by atoms with van der Waals surface area (Å²) in [6.07, 6.45) is 8.50. The number of hydrogen-bond donors (Lipinski definition) is 1. The van der Waals surface area contributed by atoms with E-state index in [1.165, 1.54) is 51.6 Å². The molecule has 25 heavy (non-hydrogen) atoms. The fourth-order valence-corrected chi connectivity index (χ4v) is 4.71. The minimum atomic E-state index is 0. The van der Waals surface area contributed by atoms with Crippen LogP contribution in [0.5, 0.6) is 0 Å². The van der Waals surface area contributed by atoms with Crippen LogP contribution in [0.15, 0.2) is 4.99 Å². The third-order valence-electron chi connectivity index (χ3n) is 6.15. The van der Waals surface area contributed by atoms with Crippen molar-refractivity contribution in [3.05, 3.63) is 0 Å². The van der Waals surface area contributed by atoms with Crippen LogP contribution in [0.2, 0.25) is 0 Å². The maximum Gasteiger partial charge on any atom is 0.193 e. The van der Waals surface area contributed by atoms with Crippen molar-refractivity contribution in [2.75, 3.05) is 59.5 Å². The maximum atomic E-state index is 5.44. The molecule has 0 bridgehead atoms. The summed E-state index contributed by atoms with van der Waals surface area (Å²) in [6.45, 7) is 10.8. The number of rotatable bonds is 4. The lowest BCUT2D eigenvalue weighted by atomic mass is 9.73. The van der Waals surface area contributed by atoms with Gasteiger partial charge in [0.25, 0.3) is 0 Å². The van der Waals surface area contributed by atoms with Gasteiger partial charge in [0.2, 0.25) is 0 Å². The van der Waals surface area contributed by atoms with E-state index in [1.54, 1.807) is 0 Å². The molecule has 5 nitrogen and oxygen atoms in total. The second-order valence-corrected chi connectivity index (χ2v) is 8.18. The molecule has 0 radical (unpaired) electrons. The topological polar surface area (TPSA) is 40.1 Å². The van der Waals surface area contributed by atoms with Gasteiger partial charge < -0.3 is 15.0 Å². The van der Waals surface area contributed by atoms with Gasteiger partial charge in [-0.1, -0.05) is 26.2 Å². The highest BCUT2D eigenvalue weighted by Crippen LogP contribution is 2.43. The fraction of sp³-hybridized carbons (Fsp3) is 0.947. The standard InChI is InChI=1S/C19H36N4O.HI/c1-17(15-22-10-12-24-13-11-22)14-21-18(20-2)23-9-8-19(16-23)6-4-3-5-7-19;/h17H,3-16H2,1-2H3,(H,20,21);1H. The Labute approximate surface area is 171 Å². The Balaban J connectivity index is 0.00000225. The monoisotopic (exact) mass is 464 g/mol. The van der Waals surface area contributed by atoms with Crippen molar-refractivity contribution in [2.45, 2.75) is 45.4 Å². The lowest BCUT2D eigenvalue weighted by Crippen LogP contribution is -2.45. The van der Waals surface area contributed by atoms with Gasteiger partial charge in [0.15, 0.2) is 5.96 Å². The molecule has 1 N–H and O–H groups in total. The number of ether oxygens (including phenoxy) is 1. The van der Waals surface area contributed by atoms with Crippen molar-refractivity contribution in [1.82, 2.24) is 15.1 Å². The predicted molar refractivity (Wildman–Crippen MR) is 115 cm³/mol. The Hall–Kier alpha value is -0.0800. The molecule has 3 rings (SSSR count). The largest absolute Gasteiger partial charge is 0.379 e. The highest BCUT2D eigenvalue weighted by atomic mass is 127. The normalized spacial score (nSPS) is 25.7. The second-order valence-electron chi connectivity index (χ2n) is 8.18. The first-order valence-electron chi connectivity index (χ1n) is 9.96. The van der Waals surface area contributed by atoms with E-state index in [4.69, 9.17) is 4.74 Å². The fourth-order valence-electron chi connectivity index (χ4n) is 4.71. The van der Waals surface area contributed by atoms with Gasteiger partial charge in [0, 0.05) is 46.3 Å². The number of aliphatic imine (C=N–C) groups is 1. The minimum Gasteiger partial charge on any atom is -0.379 e. The van der Waals surface area contributed by atoms with E-state index in [-0.39, 0.29) is 24.0 Å². The molecule has 0 aromatic carbocycles. The van der Waals surface area contributed by atoms with Crippen LogP contribution >= 0.6 is 24.0 Å². The predicted octanol–water partition coefficient (Wildman–Crippen LogP) is 2.80. The minimum absolute atomic E-state index is 0. The number of hydrogen-bond acceptors (Lipinski definition) is 3. The number of guanidine groups is 1. The van der Waals surface area contributed by atoms with E-state index in [2.05, 4.69) is 27.0 Å². The van der Waals surface area contributed by atoms with Gasteiger partial charge in [-0.15, -0.1) is 24.0 Å². The number of nitrogens with one attached hydrogen (secondary N) is 1. The number of morpholine rings is 1. The van der Waals surface area contributed by atoms with Gasteiger partial charge in [-0.2, -0.15) is 0 Å². The smallest absolute Gasteiger partial charge is 0.193 e. The molecule has 1 unspecified atom stereocenters. The summed E-state index contributed by atoms with van der Waals surface area (Å²) in [5.41, 5.74) is 0.593. The molecule has 3 fully saturated rings. The molecule has 2 saturated heterocycles. The first-order valence-corrected chi connectivity index (χ1v) is 9.96. The Morgan fingerprint density at radius 1 is 1.12 bits per heavy atom. The van der Waals surface area contributed by atoms with Crippen LogP contribution in [-0.4, -0.2) is 75.3 Å². The summed E-state index contributed by atoms with van der Waals surface area (Å²) in [4.78, 5) is 9.59. The molecule has 2 aliphatic heterocycles. The summed E-state index contributed by atoms with van der Waals surface area (Å²) < 4.78 is 5.44. The van der Waals surface area contributed by atoms with Crippen molar-refractivity contribution >= 4 is 29.9 Å². The van der Waals surface area contributed by atoms with Gasteiger partial charge in [0.1, 0.15) is 0 Å². The van der Waals surface area contributed by atoms with Crippen molar-refractivity contribution in [3.63, 3.8) is 0 Å². The second kappa shape index (κ2) is 10.3. The first-order chi connectivity index (χ1) is 11.7. The summed E-state index contributed by atoms with van der Waals surface area (Å²) in [6, 6.07) is 0. The zero-order chi connectivity index (χ0) is 16.8. The van der Waals surface area contributed by atoms with E-state index in [1.807, 2.05) is 7.05 Å². The van der Waals surface area contributed by atoms with E-state index in [0.29, 0.717) is 11.3 Å². The molecule has 3 aliphatic rings. The van der Waals surface area contributed by atoms with Crippen LogP contribution in [0.4, 0.5) is 0 Å². The van der Waals surface area contributed by atoms with Crippen LogP contribution in [-0.2, 0) is 4.74 Å². The van der Waals surface area contributed by atoms with Crippen molar-refractivity contribution in [3.8, 4) is 0 Å². The van der Waals surface area contributed by atoms with E-state index >= 15 is 0 Å². The quantitative estimate of drug-likeness (QED) is 0.395. The Morgan fingerprint density at radius 2 is 1.84 bits per heavy atom. The van der Waals surface area contributed by atoms with Crippen LogP contribution in [0.25, 0.3) is 0 Å². The van der Waals surface area contributed by atoms with Crippen molar-refractivity contribution in [1.29, 1.82) is 0 Å². The Kier molecular flexibility index (Phi) is 8.75. The molecule has 0 amide bonds. The van der Waals surface area contributed by atoms with Crippen LogP contribution in [0.3, 0.4) is 0 Å². The summed E-state index contributed by atoms with van der Waals surface area (Å²) in [5.74, 6) is 1.75. The van der Waals surface area contributed by atoms with Gasteiger partial charge in [-0.25, -0.2) is 0 Å². The zero-order valence-corrected chi connectivity index (χ0v) is 18.5. The molecular weight excluding hydrogens is 427 g/mol. The molecule has 1 saturated carbocycles. The molecule has 2 heterocycles. The van der Waals surface area contributed by atoms with Crippen LogP contribution in [0.1, 0.15) is 45.4 Å². The molecule has 0 aromatic heterocycles. The molecule has 0 aromatic rings. The SMILES string of the molecule is CN=C(NCC(C)CN1CCOCC1)N1CCC2(CCCCC2)C1.I. The molecule has 1 spiro atoms. The van der Waals surface area contributed by atoms with Crippen molar-refractivity contribution in [2.24, 2.45) is 16.3 Å². The van der Waals surface area contributed by atoms with Gasteiger partial charge in [-0.05, 0) is 30.6 Å². The summed E-state index contributed by atoms with van der Waals surface area (Å²) >= 11 is 0. The highest BCUT2D eigenvalue weighted by Gasteiger charge is 2.39. The van der Waals surface area contributed by atoms with Crippen molar-refractivity contribution < 1.29 is 4.74 Å². The number of likely N-dealkylation sites (tertiary alicyclic amines) is 1. The number of nitrogens with zero attached hydrogens (tertiary/aromatic N) is 3. The Morgan fingerprint density at radius 3 is 2.52 bits per heavy atom. The third-order valence-corrected chi connectivity index (χ3v) is 6.15. The van der Waals surface area contributed by atoms with Crippen LogP contribution in [0, 0.1) is 11.3 Å². The highest BCUT2D eigenvalue weighted by molar-refractivity contribution is 14.0. The molecule has 1 atom stereocenters. The molecule has 1 aliphatic carbocycles. The number of halogens is 1. The first kappa shape index (κ1) is 21.2. The summed E-state index contributed by atoms with van der Waals surface area (Å²) in [5, 5.41) is 3.64. The van der Waals surface area contributed by atoms with E-state index in [0.717, 1.165) is 45.4 Å². The van der Waals surface area contributed by atoms with E-state index in [9.17, 15) is 0 Å². The third kappa shape index (κ3) is 5.96. The Bertz CT molecular complexity index is 420. The molecular formula is C19H37IN4O. The molecule has 146 valence electrons.